The minimum Gasteiger partial charge on any atom is -0.512 e. The van der Waals surface area contributed by atoms with E-state index >= 15 is 0 Å². The summed E-state index contributed by atoms with van der Waals surface area (Å²) in [5.41, 5.74) is 8.06. The molecule has 7 rings (SSSR count). The van der Waals surface area contributed by atoms with E-state index in [1.54, 1.807) is 0 Å². The quantitative estimate of drug-likeness (QED) is 0.0568. The number of allylic oxidation sites excluding steroid dienone is 2. The molecular weight excluding hydrogens is 919 g/mol. The third kappa shape index (κ3) is 8.99. The number of hydrogen-bond acceptors (Lipinski definition) is 6. The number of aliphatic hydroxyl groups is 1. The number of benzene rings is 4. The Morgan fingerprint density at radius 3 is 2.00 bits per heavy atom. The van der Waals surface area contributed by atoms with Gasteiger partial charge in [0, 0.05) is 65.0 Å². The molecule has 0 saturated carbocycles. The molecule has 3 aromatic heterocycles. The van der Waals surface area contributed by atoms with Crippen LogP contribution in [0.25, 0.3) is 66.3 Å². The third-order valence-corrected chi connectivity index (χ3v) is 12.9. The van der Waals surface area contributed by atoms with E-state index in [1.807, 2.05) is 65.8 Å². The predicted octanol–water partition coefficient (Wildman–Crippen LogP) is 15.2. The zero-order valence-electron chi connectivity index (χ0n) is 37.6. The Morgan fingerprint density at radius 2 is 1.40 bits per heavy atom. The van der Waals surface area contributed by atoms with Crippen LogP contribution in [0.2, 0.25) is 0 Å². The maximum Gasteiger partial charge on any atom is 0.216 e. The van der Waals surface area contributed by atoms with Gasteiger partial charge in [0.05, 0.1) is 16.8 Å². The number of pyridine rings is 1. The van der Waals surface area contributed by atoms with Crippen LogP contribution in [0, 0.1) is 16.9 Å². The van der Waals surface area contributed by atoms with Gasteiger partial charge in [-0.15, -0.1) is 18.2 Å². The zero-order chi connectivity index (χ0) is 42.8. The molecule has 1 radical (unpaired) electrons. The van der Waals surface area contributed by atoms with Gasteiger partial charge in [-0.05, 0) is 71.6 Å². The predicted molar refractivity (Wildman–Crippen MR) is 247 cm³/mol. The first kappa shape index (κ1) is 46.4. The van der Waals surface area contributed by atoms with Crippen molar-refractivity contribution in [2.24, 2.45) is 10.8 Å². The zero-order valence-corrected chi connectivity index (χ0v) is 40.0. The fourth-order valence-corrected chi connectivity index (χ4v) is 7.61. The second-order valence-corrected chi connectivity index (χ2v) is 17.6. The Balaban J connectivity index is 0.000000324. The molecule has 0 saturated heterocycles. The Hall–Kier alpha value is -4.71. The SMILES string of the molecule is CC(C)c1cc(C(C)C)c2c(ccc3c(-c4[c-]ccc5c4oc4nc(-c6ccccc6)ccc45)nc(C(C)C)nc32)c1.CCC(C)(CC)C(=O)/C=C(\O)C(C)(CC)CC.[Ir]. The smallest absolute Gasteiger partial charge is 0.216 e. The van der Waals surface area contributed by atoms with Crippen molar-refractivity contribution in [3.8, 4) is 22.5 Å². The van der Waals surface area contributed by atoms with Gasteiger partial charge >= 0.3 is 0 Å². The van der Waals surface area contributed by atoms with Gasteiger partial charge in [0.25, 0.3) is 0 Å². The number of furan rings is 1. The number of aliphatic hydroxyl groups excluding tert-OH is 1. The van der Waals surface area contributed by atoms with E-state index in [0.717, 1.165) is 81.3 Å². The number of carbonyl (C=O) groups is 1. The average molecular weight is 981 g/mol. The van der Waals surface area contributed by atoms with E-state index < -0.39 is 0 Å². The van der Waals surface area contributed by atoms with Gasteiger partial charge in [0.2, 0.25) is 5.71 Å². The summed E-state index contributed by atoms with van der Waals surface area (Å²) in [4.78, 5) is 27.5. The van der Waals surface area contributed by atoms with Gasteiger partial charge in [-0.25, -0.2) is 9.97 Å². The number of fused-ring (bicyclic) bond motifs is 6. The van der Waals surface area contributed by atoms with E-state index in [9.17, 15) is 9.90 Å². The molecule has 7 heteroatoms. The molecule has 0 fully saturated rings. The second kappa shape index (κ2) is 18.9. The Labute approximate surface area is 370 Å². The summed E-state index contributed by atoms with van der Waals surface area (Å²) in [7, 11) is 0. The molecule has 3 heterocycles. The Morgan fingerprint density at radius 1 is 0.750 bits per heavy atom. The summed E-state index contributed by atoms with van der Waals surface area (Å²) in [5.74, 6) is 2.07. The molecule has 0 bridgehead atoms. The topological polar surface area (TPSA) is 89.1 Å². The molecule has 60 heavy (non-hydrogen) atoms. The second-order valence-electron chi connectivity index (χ2n) is 17.6. The van der Waals surface area contributed by atoms with Crippen LogP contribution >= 0.6 is 0 Å². The standard InChI is InChI=1S/C38H34N3O.C15H28O2.Ir/c1-21(2)26-19-25-15-16-29-34(40-37(23(5)6)41-35(29)33(25)31(20-26)22(3)4)30-14-10-13-27-28-17-18-32(24-11-8-7-9-12-24)39-38(28)42-36(27)30;1-7-14(5,8-2)12(16)11-13(17)15(6,9-3)10-4;/h7-13,15-23H,1-6H3;11,16H,7-10H2,1-6H3;/q-1;;/b;12-11-;. The molecule has 317 valence electrons. The summed E-state index contributed by atoms with van der Waals surface area (Å²) in [6, 6.07) is 31.0. The minimum atomic E-state index is -0.337. The van der Waals surface area contributed by atoms with E-state index in [1.165, 1.54) is 28.0 Å². The molecule has 0 aliphatic rings. The largest absolute Gasteiger partial charge is 0.512 e. The number of carbonyl (C=O) groups excluding carboxylic acids is 1. The minimum absolute atomic E-state index is 0. The van der Waals surface area contributed by atoms with Crippen LogP contribution in [0.1, 0.15) is 143 Å². The van der Waals surface area contributed by atoms with Gasteiger partial charge < -0.3 is 9.52 Å². The maximum atomic E-state index is 12.2. The molecule has 0 aliphatic heterocycles. The van der Waals surface area contributed by atoms with Crippen LogP contribution in [0.4, 0.5) is 0 Å². The van der Waals surface area contributed by atoms with Crippen LogP contribution in [0.3, 0.4) is 0 Å². The molecular formula is C53H62IrN3O3-. The Kier molecular flexibility index (Phi) is 14.6. The molecule has 0 amide bonds. The van der Waals surface area contributed by atoms with Gasteiger partial charge in [0.15, 0.2) is 5.78 Å². The first-order valence-electron chi connectivity index (χ1n) is 21.6. The van der Waals surface area contributed by atoms with Crippen LogP contribution in [-0.2, 0) is 24.9 Å². The van der Waals surface area contributed by atoms with Gasteiger partial charge in [0.1, 0.15) is 11.6 Å². The Bertz CT molecular complexity index is 2650. The van der Waals surface area contributed by atoms with Gasteiger partial charge in [-0.3, -0.25) is 9.78 Å². The van der Waals surface area contributed by atoms with Crippen molar-refractivity contribution in [1.82, 2.24) is 15.0 Å². The molecule has 0 spiro atoms. The van der Waals surface area contributed by atoms with Crippen molar-refractivity contribution in [1.29, 1.82) is 0 Å². The molecule has 0 aliphatic carbocycles. The van der Waals surface area contributed by atoms with Gasteiger partial charge in [-0.2, -0.15) is 0 Å². The van der Waals surface area contributed by atoms with Crippen molar-refractivity contribution < 1.29 is 34.4 Å². The van der Waals surface area contributed by atoms with Gasteiger partial charge in [-0.1, -0.05) is 149 Å². The average Bonchev–Trinajstić information content (AvgIpc) is 3.63. The van der Waals surface area contributed by atoms with E-state index in [4.69, 9.17) is 19.4 Å². The van der Waals surface area contributed by atoms with Crippen LogP contribution in [-0.4, -0.2) is 25.8 Å². The maximum absolute atomic E-state index is 12.2. The molecule has 7 aromatic rings. The van der Waals surface area contributed by atoms with E-state index in [2.05, 4.69) is 102 Å². The number of hydrogen-bond donors (Lipinski definition) is 1. The fourth-order valence-electron chi connectivity index (χ4n) is 7.61. The van der Waals surface area contributed by atoms with E-state index in [-0.39, 0.29) is 48.4 Å². The third-order valence-electron chi connectivity index (χ3n) is 12.9. The summed E-state index contributed by atoms with van der Waals surface area (Å²) >= 11 is 0. The summed E-state index contributed by atoms with van der Waals surface area (Å²) < 4.78 is 6.54. The van der Waals surface area contributed by atoms with Crippen LogP contribution in [0.15, 0.2) is 95.1 Å². The first-order valence-corrected chi connectivity index (χ1v) is 21.6. The number of aromatic nitrogens is 3. The van der Waals surface area contributed by atoms with Crippen LogP contribution < -0.4 is 0 Å². The van der Waals surface area contributed by atoms with Crippen molar-refractivity contribution in [3.05, 3.63) is 114 Å². The monoisotopic (exact) mass is 981 g/mol. The number of nitrogens with zero attached hydrogens (tertiary/aromatic N) is 3. The molecule has 0 atom stereocenters. The molecule has 6 nitrogen and oxygen atoms in total. The fraction of sp³-hybridized carbons (Fsp3) is 0.396. The first-order chi connectivity index (χ1) is 28.1. The summed E-state index contributed by atoms with van der Waals surface area (Å²) in [5, 5.41) is 15.6. The van der Waals surface area contributed by atoms with Crippen molar-refractivity contribution in [2.75, 3.05) is 0 Å². The van der Waals surface area contributed by atoms with Crippen LogP contribution in [0.5, 0.6) is 0 Å². The van der Waals surface area contributed by atoms with Crippen molar-refractivity contribution in [3.63, 3.8) is 0 Å². The summed E-state index contributed by atoms with van der Waals surface area (Å²) in [6.07, 6.45) is 4.75. The summed E-state index contributed by atoms with van der Waals surface area (Å²) in [6.45, 7) is 25.4. The van der Waals surface area contributed by atoms with E-state index in [0.29, 0.717) is 17.5 Å². The number of rotatable bonds is 12. The van der Waals surface area contributed by atoms with Crippen molar-refractivity contribution >= 4 is 49.5 Å². The molecule has 0 unspecified atom stereocenters. The number of ketones is 1. The molecule has 1 N–H and O–H groups in total. The van der Waals surface area contributed by atoms with Crippen molar-refractivity contribution in [2.45, 2.75) is 127 Å². The molecule has 4 aromatic carbocycles. The normalized spacial score (nSPS) is 12.5.